The number of aromatic nitrogens is 2. The minimum Gasteiger partial charge on any atom is -0.493 e. The maximum absolute atomic E-state index is 13.5. The highest BCUT2D eigenvalue weighted by Crippen LogP contribution is 2.42. The average molecular weight is 752 g/mol. The van der Waals surface area contributed by atoms with Gasteiger partial charge in [-0.3, -0.25) is 14.9 Å². The van der Waals surface area contributed by atoms with E-state index in [9.17, 15) is 14.4 Å². The van der Waals surface area contributed by atoms with Crippen molar-refractivity contribution in [3.8, 4) is 22.6 Å². The fourth-order valence-corrected chi connectivity index (χ4v) is 6.46. The van der Waals surface area contributed by atoms with Gasteiger partial charge in [0.2, 0.25) is 11.9 Å². The minimum atomic E-state index is -0.767. The zero-order valence-corrected chi connectivity index (χ0v) is 34.1. The molecule has 1 heterocycles. The fourth-order valence-electron chi connectivity index (χ4n) is 6.46. The van der Waals surface area contributed by atoms with Gasteiger partial charge in [-0.1, -0.05) is 32.9 Å². The number of carbonyl (C=O) groups is 3. The number of ether oxygens (including phenoxy) is 2. The van der Waals surface area contributed by atoms with Crippen LogP contribution in [-0.2, 0) is 11.2 Å². The van der Waals surface area contributed by atoms with Crippen LogP contribution in [0.3, 0.4) is 0 Å². The predicted octanol–water partition coefficient (Wildman–Crippen LogP) is 7.89. The number of nitrogens with one attached hydrogen (secondary N) is 2. The summed E-state index contributed by atoms with van der Waals surface area (Å²) in [5.41, 5.74) is 7.02. The first-order valence-electron chi connectivity index (χ1n) is 19.1. The Morgan fingerprint density at radius 1 is 0.836 bits per heavy atom. The summed E-state index contributed by atoms with van der Waals surface area (Å²) >= 11 is 0. The number of hydrogen-bond acceptors (Lipinski definition) is 9. The molecule has 1 aromatic heterocycles. The predicted molar refractivity (Wildman–Crippen MR) is 220 cm³/mol. The Hall–Kier alpha value is -5.49. The van der Waals surface area contributed by atoms with Crippen LogP contribution in [0.2, 0.25) is 0 Å². The summed E-state index contributed by atoms with van der Waals surface area (Å²) in [6, 6.07) is 16.5. The summed E-state index contributed by atoms with van der Waals surface area (Å²) in [5.74, 6) is 0.847. The number of hydrogen-bond donors (Lipinski definition) is 2. The number of likely N-dealkylation sites (N-methyl/N-ethyl adjacent to an activating group) is 2. The molecule has 12 nitrogen and oxygen atoms in total. The molecule has 3 amide bonds. The largest absolute Gasteiger partial charge is 0.493 e. The van der Waals surface area contributed by atoms with Crippen LogP contribution in [0.1, 0.15) is 67.2 Å². The summed E-state index contributed by atoms with van der Waals surface area (Å²) < 4.78 is 11.8. The molecule has 4 rings (SSSR count). The molecule has 0 saturated carbocycles. The molecule has 0 aliphatic carbocycles. The maximum Gasteiger partial charge on any atom is 0.418 e. The first-order chi connectivity index (χ1) is 26.3. The average Bonchev–Trinajstić information content (AvgIpc) is 3.18. The van der Waals surface area contributed by atoms with E-state index in [2.05, 4.69) is 53.2 Å². The molecule has 294 valence electrons. The lowest BCUT2D eigenvalue weighted by Crippen LogP contribution is -2.36. The normalized spacial score (nSPS) is 11.5. The molecule has 2 N–H and O–H groups in total. The quantitative estimate of drug-likeness (QED) is 0.111. The first kappa shape index (κ1) is 42.3. The van der Waals surface area contributed by atoms with Crippen LogP contribution in [0.4, 0.5) is 22.2 Å². The standard InChI is InChI=1S/C43H57N7O5/c1-11-49(12-2)24-23-48(9)41(52)33-16-18-34(19-17-33)45-42-44-22-21-38(46-42)47-43(53)55-39-36(35-20-15-28(5)30(7)31(35)8)26-32(27-37(39)54-10)25-29(6)40(51)50(13-3)14-4/h15-22,26-27,29H,11-14,23-25H2,1-10H3,(H2,44,45,46,47,53). The van der Waals surface area contributed by atoms with Crippen LogP contribution in [0, 0.1) is 26.7 Å². The second-order valence-corrected chi connectivity index (χ2v) is 13.7. The van der Waals surface area contributed by atoms with Crippen LogP contribution in [-0.4, -0.2) is 96.0 Å². The molecule has 0 radical (unpaired) electrons. The van der Waals surface area contributed by atoms with Gasteiger partial charge >= 0.3 is 6.09 Å². The number of benzene rings is 3. The fraction of sp³-hybridized carbons (Fsp3) is 0.419. The first-order valence-corrected chi connectivity index (χ1v) is 19.1. The zero-order valence-electron chi connectivity index (χ0n) is 34.1. The number of carbonyl (C=O) groups excluding carboxylic acids is 3. The number of amides is 3. The Labute approximate surface area is 326 Å². The lowest BCUT2D eigenvalue weighted by Gasteiger charge is -2.24. The molecule has 1 atom stereocenters. The molecule has 0 aliphatic rings. The Balaban J connectivity index is 1.53. The summed E-state index contributed by atoms with van der Waals surface area (Å²) in [6.07, 6.45) is 1.24. The van der Waals surface area contributed by atoms with E-state index in [0.717, 1.165) is 47.5 Å². The van der Waals surface area contributed by atoms with E-state index in [1.165, 1.54) is 13.3 Å². The van der Waals surface area contributed by atoms with Gasteiger partial charge in [-0.05, 0) is 124 Å². The van der Waals surface area contributed by atoms with E-state index in [1.807, 2.05) is 63.9 Å². The van der Waals surface area contributed by atoms with E-state index >= 15 is 0 Å². The van der Waals surface area contributed by atoms with Crippen molar-refractivity contribution in [2.75, 3.05) is 64.1 Å². The molecule has 1 unspecified atom stereocenters. The van der Waals surface area contributed by atoms with Crippen LogP contribution in [0.15, 0.2) is 60.8 Å². The van der Waals surface area contributed by atoms with Crippen LogP contribution < -0.4 is 20.1 Å². The Morgan fingerprint density at radius 2 is 1.53 bits per heavy atom. The Kier molecular flexibility index (Phi) is 15.2. The van der Waals surface area contributed by atoms with Crippen LogP contribution >= 0.6 is 0 Å². The third-order valence-electron chi connectivity index (χ3n) is 10.2. The molecule has 4 aromatic rings. The van der Waals surface area contributed by atoms with E-state index in [-0.39, 0.29) is 35.2 Å². The number of methoxy groups -OCH3 is 1. The van der Waals surface area contributed by atoms with Gasteiger partial charge in [0.25, 0.3) is 5.91 Å². The molecule has 0 spiro atoms. The van der Waals surface area contributed by atoms with Crippen molar-refractivity contribution in [1.29, 1.82) is 0 Å². The van der Waals surface area contributed by atoms with E-state index in [1.54, 1.807) is 35.2 Å². The highest BCUT2D eigenvalue weighted by atomic mass is 16.6. The van der Waals surface area contributed by atoms with Gasteiger partial charge in [-0.15, -0.1) is 0 Å². The number of rotatable bonds is 17. The topological polar surface area (TPSA) is 129 Å². The van der Waals surface area contributed by atoms with Gasteiger partial charge in [-0.25, -0.2) is 9.78 Å². The molecule has 0 fully saturated rings. The summed E-state index contributed by atoms with van der Waals surface area (Å²) in [5, 5.41) is 5.86. The molecule has 0 bridgehead atoms. The molecule has 55 heavy (non-hydrogen) atoms. The SMILES string of the molecule is CCN(CC)CCN(C)C(=O)c1ccc(Nc2nccc(NC(=O)Oc3c(OC)cc(CC(C)C(=O)N(CC)CC)cc3-c3ccc(C)c(C)c3C)n2)cc1. The van der Waals surface area contributed by atoms with Gasteiger partial charge in [0.1, 0.15) is 5.82 Å². The molecule has 0 aliphatic heterocycles. The Bertz CT molecular complexity index is 1940. The van der Waals surface area contributed by atoms with E-state index < -0.39 is 6.09 Å². The summed E-state index contributed by atoms with van der Waals surface area (Å²) in [4.78, 5) is 54.3. The van der Waals surface area contributed by atoms with Gasteiger partial charge in [0.05, 0.1) is 7.11 Å². The third kappa shape index (κ3) is 10.8. The number of aryl methyl sites for hydroxylation is 1. The lowest BCUT2D eigenvalue weighted by molar-refractivity contribution is -0.134. The van der Waals surface area contributed by atoms with E-state index in [0.29, 0.717) is 48.6 Å². The molecule has 12 heteroatoms. The third-order valence-corrected chi connectivity index (χ3v) is 10.2. The molecule has 3 aromatic carbocycles. The molecular weight excluding hydrogens is 695 g/mol. The van der Waals surface area contributed by atoms with Crippen LogP contribution in [0.5, 0.6) is 11.5 Å². The number of anilines is 3. The highest BCUT2D eigenvalue weighted by molar-refractivity contribution is 5.94. The van der Waals surface area contributed by atoms with Crippen molar-refractivity contribution >= 4 is 35.4 Å². The van der Waals surface area contributed by atoms with Crippen molar-refractivity contribution in [2.45, 2.75) is 61.8 Å². The summed E-state index contributed by atoms with van der Waals surface area (Å²) in [6.45, 7) is 20.9. The smallest absolute Gasteiger partial charge is 0.418 e. The van der Waals surface area contributed by atoms with Gasteiger partial charge < -0.3 is 29.5 Å². The monoisotopic (exact) mass is 751 g/mol. The Morgan fingerprint density at radius 3 is 2.16 bits per heavy atom. The van der Waals surface area contributed by atoms with E-state index in [4.69, 9.17) is 9.47 Å². The van der Waals surface area contributed by atoms with Crippen LogP contribution in [0.25, 0.3) is 11.1 Å². The second kappa shape index (κ2) is 19.7. The van der Waals surface area contributed by atoms with Crippen molar-refractivity contribution in [1.82, 2.24) is 24.7 Å². The second-order valence-electron chi connectivity index (χ2n) is 13.7. The molecule has 0 saturated heterocycles. The van der Waals surface area contributed by atoms with Crippen molar-refractivity contribution in [2.24, 2.45) is 5.92 Å². The molecular formula is C43H57N7O5. The van der Waals surface area contributed by atoms with Crippen molar-refractivity contribution in [3.05, 3.63) is 88.6 Å². The maximum atomic E-state index is 13.5. The highest BCUT2D eigenvalue weighted by Gasteiger charge is 2.24. The summed E-state index contributed by atoms with van der Waals surface area (Å²) in [7, 11) is 3.34. The lowest BCUT2D eigenvalue weighted by atomic mass is 9.90. The zero-order chi connectivity index (χ0) is 40.2. The van der Waals surface area contributed by atoms with Gasteiger partial charge in [0.15, 0.2) is 11.5 Å². The van der Waals surface area contributed by atoms with Gasteiger partial charge in [0, 0.05) is 62.2 Å². The van der Waals surface area contributed by atoms with Crippen molar-refractivity contribution in [3.63, 3.8) is 0 Å². The van der Waals surface area contributed by atoms with Crippen molar-refractivity contribution < 1.29 is 23.9 Å². The number of nitrogens with zero attached hydrogens (tertiary/aromatic N) is 5. The minimum absolute atomic E-state index is 0.0540. The van der Waals surface area contributed by atoms with Gasteiger partial charge in [-0.2, -0.15) is 4.98 Å².